The summed E-state index contributed by atoms with van der Waals surface area (Å²) in [6, 6.07) is -1.53. The van der Waals surface area contributed by atoms with Crippen molar-refractivity contribution in [1.29, 1.82) is 0 Å². The molecule has 0 aliphatic carbocycles. The molecule has 0 rings (SSSR count). The van der Waals surface area contributed by atoms with Gasteiger partial charge in [-0.05, 0) is 19.3 Å². The van der Waals surface area contributed by atoms with Crippen LogP contribution < -0.4 is 5.73 Å². The van der Waals surface area contributed by atoms with Crippen LogP contribution in [0.4, 0.5) is 0 Å². The molecule has 0 amide bonds. The van der Waals surface area contributed by atoms with E-state index in [9.17, 15) is 23.8 Å². The lowest BCUT2D eigenvalue weighted by Crippen LogP contribution is -2.34. The second kappa shape index (κ2) is 37.9. The highest BCUT2D eigenvalue weighted by Gasteiger charge is 2.28. The van der Waals surface area contributed by atoms with Gasteiger partial charge in [0.25, 0.3) is 0 Å². The fourth-order valence-electron chi connectivity index (χ4n) is 5.92. The monoisotopic (exact) mass is 788 g/mol. The zero-order chi connectivity index (χ0) is 40.0. The smallest absolute Gasteiger partial charge is 0.472 e. The number of carbonyl (C=O) groups excluding carboxylic acids is 2. The van der Waals surface area contributed by atoms with Gasteiger partial charge < -0.3 is 25.2 Å². The molecule has 0 aromatic rings. The number of phosphoric ester groups is 1. The third-order valence-electron chi connectivity index (χ3n) is 9.31. The first-order valence-corrected chi connectivity index (χ1v) is 22.9. The maximum absolute atomic E-state index is 12.6. The quantitative estimate of drug-likeness (QED) is 0.0177. The number of aliphatic carboxylic acids is 1. The Morgan fingerprint density at radius 3 is 1.50 bits per heavy atom. The molecule has 3 atom stereocenters. The Kier molecular flexibility index (Phi) is 36.4. The van der Waals surface area contributed by atoms with Gasteiger partial charge in [0.15, 0.2) is 6.10 Å². The van der Waals surface area contributed by atoms with Gasteiger partial charge in [-0.3, -0.25) is 18.6 Å². The van der Waals surface area contributed by atoms with Crippen molar-refractivity contribution >= 4 is 25.7 Å². The largest absolute Gasteiger partial charge is 0.480 e. The summed E-state index contributed by atoms with van der Waals surface area (Å²) < 4.78 is 32.5. The van der Waals surface area contributed by atoms with Crippen LogP contribution in [-0.2, 0) is 37.5 Å². The third kappa shape index (κ3) is 36.9. The average Bonchev–Trinajstić information content (AvgIpc) is 3.14. The van der Waals surface area contributed by atoms with E-state index in [-0.39, 0.29) is 6.42 Å². The number of hydrogen-bond acceptors (Lipinski definition) is 9. The lowest BCUT2D eigenvalue weighted by molar-refractivity contribution is -0.159. The van der Waals surface area contributed by atoms with Crippen molar-refractivity contribution in [3.8, 4) is 0 Å². The Morgan fingerprint density at radius 2 is 1.04 bits per heavy atom. The number of rotatable bonds is 40. The Labute approximate surface area is 328 Å². The highest BCUT2D eigenvalue weighted by molar-refractivity contribution is 7.47. The van der Waals surface area contributed by atoms with Gasteiger partial charge in [-0.1, -0.05) is 186 Å². The van der Waals surface area contributed by atoms with Gasteiger partial charge in [0.2, 0.25) is 0 Å². The van der Waals surface area contributed by atoms with Gasteiger partial charge in [-0.2, -0.15) is 0 Å². The molecule has 0 aliphatic heterocycles. The van der Waals surface area contributed by atoms with Crippen molar-refractivity contribution in [1.82, 2.24) is 0 Å². The normalized spacial score (nSPS) is 14.0. The van der Waals surface area contributed by atoms with Crippen molar-refractivity contribution in [3.05, 3.63) is 24.3 Å². The van der Waals surface area contributed by atoms with E-state index < -0.39 is 57.7 Å². The standard InChI is InChI=1S/C42H78NO10P/c1-3-5-7-9-11-13-15-17-19-21-23-25-27-29-31-33-40(44)50-35-38(36-51-54(48,49)52-37-39(43)42(46)47)53-41(45)34-32-30-28-26-24-22-20-18-16-14-12-10-8-6-4-2/h27,29,31,33,38-39H,3-26,28,30,32,34-37,43H2,1-2H3,(H,46,47)(H,48,49)/b29-27+,33-31+/t38-,39+/m1/s1. The summed E-state index contributed by atoms with van der Waals surface area (Å²) in [5, 5.41) is 8.87. The number of esters is 2. The minimum atomic E-state index is -4.73. The summed E-state index contributed by atoms with van der Waals surface area (Å²) in [6.07, 6.45) is 38.7. The second-order valence-corrected chi connectivity index (χ2v) is 16.0. The molecule has 0 aromatic carbocycles. The maximum Gasteiger partial charge on any atom is 0.472 e. The van der Waals surface area contributed by atoms with Gasteiger partial charge in [-0.25, -0.2) is 9.36 Å². The predicted octanol–water partition coefficient (Wildman–Crippen LogP) is 11.1. The van der Waals surface area contributed by atoms with Crippen LogP contribution in [0.15, 0.2) is 24.3 Å². The molecule has 0 spiro atoms. The number of phosphoric acid groups is 1. The summed E-state index contributed by atoms with van der Waals surface area (Å²) in [5.74, 6) is -2.63. The SMILES string of the molecule is CCCCCCCCCCCCC/C=C/C=C/C(=O)OC[C@H](COP(=O)(O)OC[C@H](N)C(=O)O)OC(=O)CCCCCCCCCCCCCCCCC. The van der Waals surface area contributed by atoms with E-state index in [2.05, 4.69) is 18.4 Å². The lowest BCUT2D eigenvalue weighted by Gasteiger charge is -2.20. The molecule has 0 fully saturated rings. The van der Waals surface area contributed by atoms with Gasteiger partial charge >= 0.3 is 25.7 Å². The average molecular weight is 788 g/mol. The highest BCUT2D eigenvalue weighted by Crippen LogP contribution is 2.43. The lowest BCUT2D eigenvalue weighted by atomic mass is 10.0. The Balaban J connectivity index is 4.45. The van der Waals surface area contributed by atoms with Crippen molar-refractivity contribution < 1.29 is 47.5 Å². The van der Waals surface area contributed by atoms with Crippen molar-refractivity contribution in [2.24, 2.45) is 5.73 Å². The predicted molar refractivity (Wildman–Crippen MR) is 217 cm³/mol. The zero-order valence-electron chi connectivity index (χ0n) is 34.1. The first kappa shape index (κ1) is 52.0. The minimum Gasteiger partial charge on any atom is -0.480 e. The number of carbonyl (C=O) groups is 3. The van der Waals surface area contributed by atoms with Crippen LogP contribution in [0.3, 0.4) is 0 Å². The summed E-state index contributed by atoms with van der Waals surface area (Å²) in [5.41, 5.74) is 5.32. The molecule has 0 aromatic heterocycles. The number of unbranched alkanes of at least 4 members (excludes halogenated alkanes) is 25. The molecule has 316 valence electrons. The van der Waals surface area contributed by atoms with Gasteiger partial charge in [-0.15, -0.1) is 0 Å². The van der Waals surface area contributed by atoms with Gasteiger partial charge in [0.05, 0.1) is 13.2 Å². The van der Waals surface area contributed by atoms with Crippen LogP contribution in [0.25, 0.3) is 0 Å². The summed E-state index contributed by atoms with van der Waals surface area (Å²) >= 11 is 0. The molecule has 0 radical (unpaired) electrons. The molecule has 4 N–H and O–H groups in total. The van der Waals surface area contributed by atoms with Gasteiger partial charge in [0, 0.05) is 12.5 Å². The number of nitrogens with two attached hydrogens (primary N) is 1. The van der Waals surface area contributed by atoms with Crippen molar-refractivity contribution in [2.75, 3.05) is 19.8 Å². The van der Waals surface area contributed by atoms with E-state index >= 15 is 0 Å². The van der Waals surface area contributed by atoms with Crippen LogP contribution in [0, 0.1) is 0 Å². The summed E-state index contributed by atoms with van der Waals surface area (Å²) in [4.78, 5) is 45.8. The Bertz CT molecular complexity index is 1020. The third-order valence-corrected chi connectivity index (χ3v) is 10.3. The molecular weight excluding hydrogens is 709 g/mol. The minimum absolute atomic E-state index is 0.146. The van der Waals surface area contributed by atoms with E-state index in [0.717, 1.165) is 32.1 Å². The number of ether oxygens (including phenoxy) is 2. The fourth-order valence-corrected chi connectivity index (χ4v) is 6.70. The van der Waals surface area contributed by atoms with E-state index in [1.807, 2.05) is 6.08 Å². The fraction of sp³-hybridized carbons (Fsp3) is 0.833. The second-order valence-electron chi connectivity index (χ2n) is 14.6. The van der Waals surface area contributed by atoms with E-state index in [4.69, 9.17) is 24.8 Å². The Hall–Kier alpha value is -2.04. The van der Waals surface area contributed by atoms with E-state index in [0.29, 0.717) is 6.42 Å². The molecule has 0 bridgehead atoms. The summed E-state index contributed by atoms with van der Waals surface area (Å²) in [7, 11) is -4.73. The van der Waals surface area contributed by atoms with E-state index in [1.54, 1.807) is 12.2 Å². The van der Waals surface area contributed by atoms with Gasteiger partial charge in [0.1, 0.15) is 12.6 Å². The van der Waals surface area contributed by atoms with Crippen LogP contribution >= 0.6 is 7.82 Å². The summed E-state index contributed by atoms with van der Waals surface area (Å²) in [6.45, 7) is 2.69. The zero-order valence-corrected chi connectivity index (χ0v) is 35.0. The topological polar surface area (TPSA) is 172 Å². The van der Waals surface area contributed by atoms with Crippen molar-refractivity contribution in [2.45, 2.75) is 206 Å². The molecule has 0 saturated heterocycles. The number of hydrogen-bond donors (Lipinski definition) is 3. The van der Waals surface area contributed by atoms with Crippen LogP contribution in [-0.4, -0.2) is 59.9 Å². The Morgan fingerprint density at radius 1 is 0.611 bits per heavy atom. The van der Waals surface area contributed by atoms with Crippen LogP contribution in [0.2, 0.25) is 0 Å². The molecule has 11 nitrogen and oxygen atoms in total. The number of allylic oxidation sites excluding steroid dienone is 3. The number of carboxylic acid groups (broad SMARTS) is 1. The molecule has 54 heavy (non-hydrogen) atoms. The van der Waals surface area contributed by atoms with E-state index in [1.165, 1.54) is 141 Å². The number of carboxylic acids is 1. The molecule has 0 heterocycles. The molecule has 0 saturated carbocycles. The molecule has 1 unspecified atom stereocenters. The first-order chi connectivity index (χ1) is 26.1. The van der Waals surface area contributed by atoms with Crippen molar-refractivity contribution in [3.63, 3.8) is 0 Å². The molecule has 0 aliphatic rings. The van der Waals surface area contributed by atoms with Crippen LogP contribution in [0.5, 0.6) is 0 Å². The maximum atomic E-state index is 12.6. The molecular formula is C42H78NO10P. The molecule has 12 heteroatoms. The van der Waals surface area contributed by atoms with Crippen LogP contribution in [0.1, 0.15) is 194 Å². The highest BCUT2D eigenvalue weighted by atomic mass is 31.2. The first-order valence-electron chi connectivity index (χ1n) is 21.4.